The second-order valence-corrected chi connectivity index (χ2v) is 1.76. The SMILES string of the molecule is CC1CN=N1.N#CC(N)=O. The van der Waals surface area contributed by atoms with E-state index in [0.29, 0.717) is 6.04 Å². The molecule has 1 aliphatic heterocycles. The van der Waals surface area contributed by atoms with Gasteiger partial charge in [0.05, 0.1) is 12.6 Å². The van der Waals surface area contributed by atoms with Crippen LogP contribution in [0, 0.1) is 11.3 Å². The van der Waals surface area contributed by atoms with Crippen LogP contribution >= 0.6 is 0 Å². The zero-order valence-electron chi connectivity index (χ0n) is 5.61. The highest BCUT2D eigenvalue weighted by Gasteiger charge is 2.02. The number of rotatable bonds is 0. The van der Waals surface area contributed by atoms with E-state index in [1.807, 2.05) is 6.92 Å². The van der Waals surface area contributed by atoms with Gasteiger partial charge in [-0.05, 0) is 6.92 Å². The molecule has 1 rings (SSSR count). The molecule has 54 valence electrons. The summed E-state index contributed by atoms with van der Waals surface area (Å²) in [6.45, 7) is 2.99. The van der Waals surface area contributed by atoms with Crippen molar-refractivity contribution < 1.29 is 4.79 Å². The van der Waals surface area contributed by atoms with Crippen LogP contribution < -0.4 is 5.73 Å². The Morgan fingerprint density at radius 1 is 1.90 bits per heavy atom. The van der Waals surface area contributed by atoms with Crippen LogP contribution in [-0.4, -0.2) is 18.5 Å². The van der Waals surface area contributed by atoms with Crippen molar-refractivity contribution in [2.45, 2.75) is 13.0 Å². The molecule has 1 unspecified atom stereocenters. The van der Waals surface area contributed by atoms with Gasteiger partial charge in [0.15, 0.2) is 6.07 Å². The molecule has 0 aliphatic carbocycles. The number of carbonyl (C=O) groups excluding carboxylic acids is 1. The topological polar surface area (TPSA) is 91.6 Å². The van der Waals surface area contributed by atoms with E-state index in [1.54, 1.807) is 0 Å². The minimum absolute atomic E-state index is 0.523. The average Bonchev–Trinajstić information content (AvgIpc) is 1.85. The molecule has 1 aliphatic rings. The predicted octanol–water partition coefficient (Wildman–Crippen LogP) is -0.164. The van der Waals surface area contributed by atoms with Gasteiger partial charge in [-0.15, -0.1) is 0 Å². The molecule has 5 nitrogen and oxygen atoms in total. The molecule has 0 aromatic carbocycles. The number of nitrogens with zero attached hydrogens (tertiary/aromatic N) is 3. The van der Waals surface area contributed by atoms with Crippen molar-refractivity contribution in [3.05, 3.63) is 0 Å². The first-order chi connectivity index (χ1) is 4.66. The third kappa shape index (κ3) is 4.71. The molecule has 1 atom stereocenters. The molecule has 0 aromatic heterocycles. The fraction of sp³-hybridized carbons (Fsp3) is 0.600. The van der Waals surface area contributed by atoms with E-state index >= 15 is 0 Å². The van der Waals surface area contributed by atoms with Gasteiger partial charge in [0, 0.05) is 0 Å². The van der Waals surface area contributed by atoms with Crippen LogP contribution in [0.15, 0.2) is 10.2 Å². The highest BCUT2D eigenvalue weighted by molar-refractivity contribution is 5.89. The predicted molar refractivity (Wildman–Crippen MR) is 34.0 cm³/mol. The largest absolute Gasteiger partial charge is 0.357 e. The number of hydrogen-bond donors (Lipinski definition) is 1. The van der Waals surface area contributed by atoms with Gasteiger partial charge >= 0.3 is 5.91 Å². The van der Waals surface area contributed by atoms with Crippen LogP contribution in [0.25, 0.3) is 0 Å². The van der Waals surface area contributed by atoms with Crippen molar-refractivity contribution in [3.8, 4) is 6.07 Å². The Hall–Kier alpha value is -1.44. The summed E-state index contributed by atoms with van der Waals surface area (Å²) in [5, 5.41) is 14.7. The van der Waals surface area contributed by atoms with E-state index in [0.717, 1.165) is 6.54 Å². The average molecular weight is 140 g/mol. The minimum atomic E-state index is -0.940. The zero-order valence-corrected chi connectivity index (χ0v) is 5.61. The molecular formula is C5H8N4O. The van der Waals surface area contributed by atoms with Gasteiger partial charge < -0.3 is 5.73 Å². The number of azo groups is 1. The summed E-state index contributed by atoms with van der Waals surface area (Å²) in [4.78, 5) is 9.23. The van der Waals surface area contributed by atoms with Crippen LogP contribution in [0.1, 0.15) is 6.92 Å². The van der Waals surface area contributed by atoms with E-state index in [2.05, 4.69) is 16.0 Å². The highest BCUT2D eigenvalue weighted by atomic mass is 16.1. The molecule has 5 heteroatoms. The molecule has 0 saturated carbocycles. The third-order valence-electron chi connectivity index (χ3n) is 0.735. The first-order valence-electron chi connectivity index (χ1n) is 2.73. The molecule has 0 fully saturated rings. The highest BCUT2D eigenvalue weighted by Crippen LogP contribution is 2.00. The third-order valence-corrected chi connectivity index (χ3v) is 0.735. The van der Waals surface area contributed by atoms with Crippen molar-refractivity contribution >= 4 is 5.91 Å². The van der Waals surface area contributed by atoms with Crippen LogP contribution in [0.3, 0.4) is 0 Å². The maximum absolute atomic E-state index is 9.23. The van der Waals surface area contributed by atoms with Crippen LogP contribution in [0.4, 0.5) is 0 Å². The second-order valence-electron chi connectivity index (χ2n) is 1.76. The number of amides is 1. The molecule has 0 spiro atoms. The van der Waals surface area contributed by atoms with E-state index in [-0.39, 0.29) is 0 Å². The molecule has 1 amide bonds. The monoisotopic (exact) mass is 140 g/mol. The summed E-state index contributed by atoms with van der Waals surface area (Å²) >= 11 is 0. The van der Waals surface area contributed by atoms with Crippen molar-refractivity contribution in [3.63, 3.8) is 0 Å². The lowest BCUT2D eigenvalue weighted by molar-refractivity contribution is -0.113. The fourth-order valence-corrected chi connectivity index (χ4v) is 0.245. The Morgan fingerprint density at radius 2 is 2.20 bits per heavy atom. The molecule has 0 saturated heterocycles. The van der Waals surface area contributed by atoms with Gasteiger partial charge in [0.2, 0.25) is 0 Å². The molecule has 0 bridgehead atoms. The number of nitrogens with two attached hydrogens (primary N) is 1. The lowest BCUT2D eigenvalue weighted by Gasteiger charge is -2.05. The van der Waals surface area contributed by atoms with Crippen LogP contribution in [-0.2, 0) is 4.79 Å². The maximum atomic E-state index is 9.23. The Balaban J connectivity index is 0.000000162. The van der Waals surface area contributed by atoms with Gasteiger partial charge in [-0.25, -0.2) is 0 Å². The van der Waals surface area contributed by atoms with Gasteiger partial charge in [0.1, 0.15) is 0 Å². The first-order valence-corrected chi connectivity index (χ1v) is 2.73. The normalized spacial score (nSPS) is 19.4. The maximum Gasteiger partial charge on any atom is 0.319 e. The fourth-order valence-electron chi connectivity index (χ4n) is 0.245. The van der Waals surface area contributed by atoms with E-state index in [1.165, 1.54) is 6.07 Å². The second kappa shape index (κ2) is 4.44. The Labute approximate surface area is 58.5 Å². The lowest BCUT2D eigenvalue weighted by atomic mass is 10.3. The quantitative estimate of drug-likeness (QED) is 0.473. The molecule has 10 heavy (non-hydrogen) atoms. The first kappa shape index (κ1) is 8.56. The van der Waals surface area contributed by atoms with Gasteiger partial charge in [-0.1, -0.05) is 0 Å². The van der Waals surface area contributed by atoms with Crippen LogP contribution in [0.2, 0.25) is 0 Å². The zero-order chi connectivity index (χ0) is 7.98. The van der Waals surface area contributed by atoms with Crippen LogP contribution in [0.5, 0.6) is 0 Å². The summed E-state index contributed by atoms with van der Waals surface area (Å²) in [6.07, 6.45) is 0. The lowest BCUT2D eigenvalue weighted by Crippen LogP contribution is -2.09. The Morgan fingerprint density at radius 3 is 2.20 bits per heavy atom. The van der Waals surface area contributed by atoms with Gasteiger partial charge in [0.25, 0.3) is 0 Å². The van der Waals surface area contributed by atoms with E-state index < -0.39 is 5.91 Å². The number of primary amides is 1. The molecule has 2 N–H and O–H groups in total. The van der Waals surface area contributed by atoms with Crippen molar-refractivity contribution in [2.24, 2.45) is 16.0 Å². The van der Waals surface area contributed by atoms with Crippen molar-refractivity contribution in [2.75, 3.05) is 6.54 Å². The summed E-state index contributed by atoms with van der Waals surface area (Å²) in [5.74, 6) is -0.940. The minimum Gasteiger partial charge on any atom is -0.357 e. The van der Waals surface area contributed by atoms with E-state index in [4.69, 9.17) is 5.26 Å². The molecule has 0 aromatic rings. The standard InChI is InChI=1S/C3H6N2.C2H2N2O/c1-3-2-4-5-3;3-1-2(4)5/h3H,2H2,1H3;(H2,4,5). The summed E-state index contributed by atoms with van der Waals surface area (Å²) < 4.78 is 0. The summed E-state index contributed by atoms with van der Waals surface area (Å²) in [7, 11) is 0. The van der Waals surface area contributed by atoms with Gasteiger partial charge in [-0.3, -0.25) is 4.79 Å². The number of carbonyl (C=O) groups is 1. The summed E-state index contributed by atoms with van der Waals surface area (Å²) in [6, 6.07) is 1.69. The number of nitriles is 1. The number of hydrogen-bond acceptors (Lipinski definition) is 4. The molecule has 1 heterocycles. The molecule has 0 radical (unpaired) electrons. The van der Waals surface area contributed by atoms with Crippen molar-refractivity contribution in [1.29, 1.82) is 5.26 Å². The smallest absolute Gasteiger partial charge is 0.319 e. The van der Waals surface area contributed by atoms with Crippen molar-refractivity contribution in [1.82, 2.24) is 0 Å². The summed E-state index contributed by atoms with van der Waals surface area (Å²) in [5.41, 5.74) is 4.29. The Bertz CT molecular complexity index is 181. The van der Waals surface area contributed by atoms with Gasteiger partial charge in [-0.2, -0.15) is 15.5 Å². The van der Waals surface area contributed by atoms with E-state index in [9.17, 15) is 4.79 Å². The Kier molecular flexibility index (Phi) is 3.80. The molecular weight excluding hydrogens is 132 g/mol.